The van der Waals surface area contributed by atoms with Crippen LogP contribution in [0.4, 0.5) is 0 Å². The molecule has 0 atom stereocenters. The molecule has 0 bridgehead atoms. The molecule has 2 heterocycles. The summed E-state index contributed by atoms with van der Waals surface area (Å²) in [5.41, 5.74) is 1.86. The van der Waals surface area contributed by atoms with Gasteiger partial charge < -0.3 is 0 Å². The Hall–Kier alpha value is -1.80. The van der Waals surface area contributed by atoms with Crippen LogP contribution in [0.2, 0.25) is 0 Å². The number of pyridine rings is 1. The number of rotatable bonds is 4. The predicted molar refractivity (Wildman–Crippen MR) is 68.6 cm³/mol. The van der Waals surface area contributed by atoms with Crippen LogP contribution in [0, 0.1) is 6.92 Å². The van der Waals surface area contributed by atoms with Gasteiger partial charge in [-0.2, -0.15) is 4.31 Å². The largest absolute Gasteiger partial charge is 0.264 e. The van der Waals surface area contributed by atoms with Crippen molar-refractivity contribution in [3.05, 3.63) is 35.8 Å². The molecule has 0 aliphatic heterocycles. The molecule has 7 nitrogen and oxygen atoms in total. The molecule has 0 unspecified atom stereocenters. The van der Waals surface area contributed by atoms with Crippen LogP contribution in [-0.2, 0) is 23.6 Å². The van der Waals surface area contributed by atoms with E-state index >= 15 is 0 Å². The number of nitrogens with zero attached hydrogens (tertiary/aromatic N) is 5. The summed E-state index contributed by atoms with van der Waals surface area (Å²) in [6, 6.07) is 1.85. The van der Waals surface area contributed by atoms with Gasteiger partial charge >= 0.3 is 0 Å². The Morgan fingerprint density at radius 2 is 2.11 bits per heavy atom. The first kappa shape index (κ1) is 13.6. The van der Waals surface area contributed by atoms with Crippen LogP contribution in [0.25, 0.3) is 0 Å². The lowest BCUT2D eigenvalue weighted by Gasteiger charge is -2.17. The summed E-state index contributed by atoms with van der Waals surface area (Å²) >= 11 is 0. The first-order chi connectivity index (χ1) is 8.93. The van der Waals surface area contributed by atoms with Gasteiger partial charge in [-0.25, -0.2) is 13.1 Å². The molecule has 0 radical (unpaired) electrons. The van der Waals surface area contributed by atoms with Crippen molar-refractivity contribution >= 4 is 10.0 Å². The fourth-order valence-corrected chi connectivity index (χ4v) is 2.84. The number of aromatic nitrogens is 4. The van der Waals surface area contributed by atoms with Gasteiger partial charge in [0.05, 0.1) is 6.20 Å². The lowest BCUT2D eigenvalue weighted by Crippen LogP contribution is -2.28. The second-order valence-corrected chi connectivity index (χ2v) is 6.25. The number of hydrogen-bond acceptors (Lipinski definition) is 5. The van der Waals surface area contributed by atoms with E-state index in [4.69, 9.17) is 0 Å². The molecule has 0 aromatic carbocycles. The lowest BCUT2D eigenvalue weighted by atomic mass is 10.2. The van der Waals surface area contributed by atoms with Gasteiger partial charge in [0.25, 0.3) is 10.0 Å². The molecule has 19 heavy (non-hydrogen) atoms. The van der Waals surface area contributed by atoms with Crippen molar-refractivity contribution in [2.24, 2.45) is 7.05 Å². The fraction of sp³-hybridized carbons (Fsp3) is 0.364. The van der Waals surface area contributed by atoms with Crippen LogP contribution < -0.4 is 0 Å². The Bertz CT molecular complexity index is 680. The molecular formula is C11H15N5O2S. The van der Waals surface area contributed by atoms with E-state index in [1.165, 1.54) is 22.2 Å². The minimum absolute atomic E-state index is 0.0662. The molecular weight excluding hydrogens is 266 g/mol. The van der Waals surface area contributed by atoms with Crippen molar-refractivity contribution < 1.29 is 8.42 Å². The van der Waals surface area contributed by atoms with E-state index in [1.807, 2.05) is 13.0 Å². The van der Waals surface area contributed by atoms with Crippen molar-refractivity contribution in [2.45, 2.75) is 18.5 Å². The molecule has 0 spiro atoms. The predicted octanol–water partition coefficient (Wildman–Crippen LogP) is 0.339. The topological polar surface area (TPSA) is 81.0 Å². The highest BCUT2D eigenvalue weighted by molar-refractivity contribution is 7.89. The minimum Gasteiger partial charge on any atom is -0.264 e. The summed E-state index contributed by atoms with van der Waals surface area (Å²) in [7, 11) is -0.530. The zero-order valence-corrected chi connectivity index (χ0v) is 11.8. The Balaban J connectivity index is 2.28. The molecule has 0 fully saturated rings. The smallest absolute Gasteiger partial charge is 0.261 e. The van der Waals surface area contributed by atoms with E-state index in [0.717, 1.165) is 11.1 Å². The van der Waals surface area contributed by atoms with Crippen molar-refractivity contribution in [3.63, 3.8) is 0 Å². The molecule has 2 aromatic rings. The summed E-state index contributed by atoms with van der Waals surface area (Å²) < 4.78 is 27.2. The second kappa shape index (κ2) is 5.06. The summed E-state index contributed by atoms with van der Waals surface area (Å²) in [6.07, 6.45) is 4.59. The Morgan fingerprint density at radius 3 is 2.68 bits per heavy atom. The summed E-state index contributed by atoms with van der Waals surface area (Å²) in [6.45, 7) is 2.18. The SMILES string of the molecule is Cc1ccncc1CN(C)S(=O)(=O)c1cnnn1C. The highest BCUT2D eigenvalue weighted by Gasteiger charge is 2.25. The first-order valence-electron chi connectivity index (χ1n) is 5.63. The maximum absolute atomic E-state index is 12.3. The van der Waals surface area contributed by atoms with E-state index in [-0.39, 0.29) is 11.6 Å². The second-order valence-electron chi connectivity index (χ2n) is 4.26. The van der Waals surface area contributed by atoms with Crippen LogP contribution in [0.1, 0.15) is 11.1 Å². The van der Waals surface area contributed by atoms with E-state index in [1.54, 1.807) is 19.4 Å². The van der Waals surface area contributed by atoms with Crippen LogP contribution in [-0.4, -0.2) is 39.7 Å². The number of sulfonamides is 1. The van der Waals surface area contributed by atoms with Gasteiger partial charge in [-0.1, -0.05) is 5.21 Å². The van der Waals surface area contributed by atoms with Gasteiger partial charge in [0.1, 0.15) is 0 Å². The molecule has 2 rings (SSSR count). The molecule has 0 amide bonds. The monoisotopic (exact) mass is 281 g/mol. The molecule has 102 valence electrons. The van der Waals surface area contributed by atoms with Crippen molar-refractivity contribution in [1.82, 2.24) is 24.3 Å². The van der Waals surface area contributed by atoms with Crippen LogP contribution in [0.15, 0.2) is 29.7 Å². The van der Waals surface area contributed by atoms with Crippen molar-refractivity contribution in [3.8, 4) is 0 Å². The average Bonchev–Trinajstić information content (AvgIpc) is 2.79. The summed E-state index contributed by atoms with van der Waals surface area (Å²) in [5.74, 6) is 0. The zero-order chi connectivity index (χ0) is 14.0. The van der Waals surface area contributed by atoms with E-state index in [9.17, 15) is 8.42 Å². The third-order valence-corrected chi connectivity index (χ3v) is 4.74. The highest BCUT2D eigenvalue weighted by atomic mass is 32.2. The van der Waals surface area contributed by atoms with Gasteiger partial charge in [-0.3, -0.25) is 4.98 Å². The lowest BCUT2D eigenvalue weighted by molar-refractivity contribution is 0.456. The number of aryl methyl sites for hydroxylation is 2. The molecule has 8 heteroatoms. The van der Waals surface area contributed by atoms with Crippen LogP contribution in [0.3, 0.4) is 0 Å². The molecule has 0 aliphatic carbocycles. The maximum atomic E-state index is 12.3. The Morgan fingerprint density at radius 1 is 1.37 bits per heavy atom. The van der Waals surface area contributed by atoms with E-state index < -0.39 is 10.0 Å². The highest BCUT2D eigenvalue weighted by Crippen LogP contribution is 2.16. The number of hydrogen-bond donors (Lipinski definition) is 0. The zero-order valence-electron chi connectivity index (χ0n) is 11.0. The maximum Gasteiger partial charge on any atom is 0.261 e. The molecule has 0 saturated carbocycles. The summed E-state index contributed by atoms with van der Waals surface area (Å²) in [5, 5.41) is 7.29. The van der Waals surface area contributed by atoms with Gasteiger partial charge in [-0.05, 0) is 24.1 Å². The Labute approximate surface area is 111 Å². The van der Waals surface area contributed by atoms with Crippen LogP contribution >= 0.6 is 0 Å². The Kier molecular flexibility index (Phi) is 3.63. The average molecular weight is 281 g/mol. The molecule has 0 aliphatic rings. The third-order valence-electron chi connectivity index (χ3n) is 2.89. The van der Waals surface area contributed by atoms with Gasteiger partial charge in [0.15, 0.2) is 5.03 Å². The van der Waals surface area contributed by atoms with Crippen molar-refractivity contribution in [2.75, 3.05) is 7.05 Å². The molecule has 0 N–H and O–H groups in total. The first-order valence-corrected chi connectivity index (χ1v) is 7.07. The molecule has 2 aromatic heterocycles. The summed E-state index contributed by atoms with van der Waals surface area (Å²) in [4.78, 5) is 4.01. The normalized spacial score (nSPS) is 12.0. The van der Waals surface area contributed by atoms with Crippen LogP contribution in [0.5, 0.6) is 0 Å². The third kappa shape index (κ3) is 2.64. The molecule has 0 saturated heterocycles. The minimum atomic E-state index is -3.60. The van der Waals surface area contributed by atoms with Crippen molar-refractivity contribution in [1.29, 1.82) is 0 Å². The quantitative estimate of drug-likeness (QED) is 0.807. The van der Waals surface area contributed by atoms with E-state index in [0.29, 0.717) is 0 Å². The standard InChI is InChI=1S/C11H15N5O2S/c1-9-4-5-12-6-10(9)8-15(2)19(17,18)11-7-13-14-16(11)3/h4-7H,8H2,1-3H3. The van der Waals surface area contributed by atoms with E-state index in [2.05, 4.69) is 15.3 Å². The van der Waals surface area contributed by atoms with Gasteiger partial charge in [0.2, 0.25) is 0 Å². The van der Waals surface area contributed by atoms with Gasteiger partial charge in [-0.15, -0.1) is 5.10 Å². The fourth-order valence-electron chi connectivity index (χ4n) is 1.66. The van der Waals surface area contributed by atoms with Gasteiger partial charge in [0, 0.05) is 33.0 Å².